The molecule has 2 rings (SSSR count). The maximum Gasteiger partial charge on any atom is 0.115 e. The molecule has 1 aromatic rings. The first-order valence-corrected chi connectivity index (χ1v) is 7.00. The summed E-state index contributed by atoms with van der Waals surface area (Å²) in [6.07, 6.45) is 3.68. The highest BCUT2D eigenvalue weighted by atomic mass is 16.3. The summed E-state index contributed by atoms with van der Waals surface area (Å²) in [5.74, 6) is 1.14. The van der Waals surface area contributed by atoms with Gasteiger partial charge in [-0.2, -0.15) is 0 Å². The fraction of sp³-hybridized carbons (Fsp3) is 0.625. The molecule has 1 aliphatic rings. The van der Waals surface area contributed by atoms with E-state index in [1.165, 1.54) is 24.8 Å². The van der Waals surface area contributed by atoms with Crippen molar-refractivity contribution in [3.8, 4) is 5.75 Å². The average molecular weight is 247 g/mol. The Labute approximate surface area is 111 Å². The Morgan fingerprint density at radius 2 is 2.17 bits per heavy atom. The summed E-state index contributed by atoms with van der Waals surface area (Å²) in [5.41, 5.74) is 1.56. The summed E-state index contributed by atoms with van der Waals surface area (Å²) >= 11 is 0. The molecule has 1 N–H and O–H groups in total. The molecule has 0 amide bonds. The third-order valence-electron chi connectivity index (χ3n) is 4.20. The Bertz CT molecular complexity index is 402. The molecule has 0 bridgehead atoms. The van der Waals surface area contributed by atoms with Crippen LogP contribution in [-0.4, -0.2) is 30.1 Å². The Kier molecular flexibility index (Phi) is 3.96. The largest absolute Gasteiger partial charge is 0.508 e. The van der Waals surface area contributed by atoms with E-state index in [0.29, 0.717) is 5.75 Å². The lowest BCUT2D eigenvalue weighted by Crippen LogP contribution is -2.30. The molecule has 1 saturated heterocycles. The summed E-state index contributed by atoms with van der Waals surface area (Å²) in [5, 5.41) is 9.72. The highest BCUT2D eigenvalue weighted by molar-refractivity contribution is 5.34. The summed E-state index contributed by atoms with van der Waals surface area (Å²) in [6.45, 7) is 6.85. The smallest absolute Gasteiger partial charge is 0.115 e. The number of phenols is 1. The number of benzene rings is 1. The number of likely N-dealkylation sites (N-methyl/N-ethyl adjacent to an activating group) is 1. The van der Waals surface area contributed by atoms with E-state index in [0.717, 1.165) is 19.0 Å². The molecule has 0 aliphatic carbocycles. The average Bonchev–Trinajstić information content (AvgIpc) is 2.70. The van der Waals surface area contributed by atoms with Crippen molar-refractivity contribution >= 4 is 0 Å². The van der Waals surface area contributed by atoms with Crippen molar-refractivity contribution in [3.05, 3.63) is 29.8 Å². The minimum atomic E-state index is 0.248. The van der Waals surface area contributed by atoms with Gasteiger partial charge in [0.15, 0.2) is 0 Å². The molecule has 1 aromatic carbocycles. The summed E-state index contributed by atoms with van der Waals surface area (Å²) in [6, 6.07) is 7.87. The normalized spacial score (nSPS) is 24.9. The highest BCUT2D eigenvalue weighted by Crippen LogP contribution is 2.40. The van der Waals surface area contributed by atoms with Crippen molar-refractivity contribution in [2.75, 3.05) is 20.1 Å². The van der Waals surface area contributed by atoms with Gasteiger partial charge in [-0.05, 0) is 50.0 Å². The third-order valence-corrected chi connectivity index (χ3v) is 4.20. The molecule has 1 aliphatic heterocycles. The predicted octanol–water partition coefficient (Wildman–Crippen LogP) is 3.40. The van der Waals surface area contributed by atoms with Crippen LogP contribution in [0.2, 0.25) is 0 Å². The molecule has 0 spiro atoms. The molecule has 0 aromatic heterocycles. The lowest BCUT2D eigenvalue weighted by atomic mass is 9.75. The van der Waals surface area contributed by atoms with Crippen LogP contribution in [0.3, 0.4) is 0 Å². The standard InChI is InChI=1S/C16H25NO/c1-13(2)7-8-16(9-10-17(3)12-16)14-5-4-6-15(18)11-14/h4-6,11,13,18H,7-10,12H2,1-3H3. The molecule has 0 saturated carbocycles. The molecule has 0 radical (unpaired) electrons. The van der Waals surface area contributed by atoms with E-state index < -0.39 is 0 Å². The van der Waals surface area contributed by atoms with Gasteiger partial charge in [0.1, 0.15) is 5.75 Å². The van der Waals surface area contributed by atoms with Crippen LogP contribution in [0.15, 0.2) is 24.3 Å². The molecule has 100 valence electrons. The number of nitrogens with zero attached hydrogens (tertiary/aromatic N) is 1. The number of likely N-dealkylation sites (tertiary alicyclic amines) is 1. The van der Waals surface area contributed by atoms with E-state index in [2.05, 4.69) is 31.9 Å². The zero-order valence-electron chi connectivity index (χ0n) is 11.8. The van der Waals surface area contributed by atoms with Crippen LogP contribution in [0, 0.1) is 5.92 Å². The quantitative estimate of drug-likeness (QED) is 0.881. The zero-order chi connectivity index (χ0) is 13.2. The van der Waals surface area contributed by atoms with Gasteiger partial charge in [0.25, 0.3) is 0 Å². The predicted molar refractivity (Wildman–Crippen MR) is 76.0 cm³/mol. The van der Waals surface area contributed by atoms with Crippen LogP contribution < -0.4 is 0 Å². The maximum atomic E-state index is 9.72. The molecular weight excluding hydrogens is 222 g/mol. The minimum absolute atomic E-state index is 0.248. The molecule has 1 heterocycles. The number of hydrogen-bond donors (Lipinski definition) is 1. The van der Waals surface area contributed by atoms with E-state index in [4.69, 9.17) is 0 Å². The monoisotopic (exact) mass is 247 g/mol. The van der Waals surface area contributed by atoms with Gasteiger partial charge in [0.2, 0.25) is 0 Å². The third kappa shape index (κ3) is 2.86. The Hall–Kier alpha value is -1.02. The second-order valence-electron chi connectivity index (χ2n) is 6.25. The van der Waals surface area contributed by atoms with Gasteiger partial charge in [-0.25, -0.2) is 0 Å². The molecule has 18 heavy (non-hydrogen) atoms. The van der Waals surface area contributed by atoms with Gasteiger partial charge >= 0.3 is 0 Å². The molecular formula is C16H25NO. The van der Waals surface area contributed by atoms with Crippen molar-refractivity contribution in [3.63, 3.8) is 0 Å². The first-order valence-electron chi connectivity index (χ1n) is 7.00. The minimum Gasteiger partial charge on any atom is -0.508 e. The zero-order valence-corrected chi connectivity index (χ0v) is 11.8. The van der Waals surface area contributed by atoms with Crippen LogP contribution in [0.1, 0.15) is 38.7 Å². The van der Waals surface area contributed by atoms with E-state index >= 15 is 0 Å². The number of phenolic OH excluding ortho intramolecular Hbond substituents is 1. The van der Waals surface area contributed by atoms with Gasteiger partial charge in [-0.3, -0.25) is 0 Å². The molecule has 2 nitrogen and oxygen atoms in total. The molecule has 1 atom stereocenters. The van der Waals surface area contributed by atoms with Gasteiger partial charge in [-0.15, -0.1) is 0 Å². The van der Waals surface area contributed by atoms with Crippen LogP contribution in [0.25, 0.3) is 0 Å². The fourth-order valence-corrected chi connectivity index (χ4v) is 3.06. The second kappa shape index (κ2) is 5.31. The van der Waals surface area contributed by atoms with E-state index in [1.54, 1.807) is 6.07 Å². The Morgan fingerprint density at radius 3 is 2.72 bits per heavy atom. The van der Waals surface area contributed by atoms with Crippen molar-refractivity contribution in [2.45, 2.75) is 38.5 Å². The Morgan fingerprint density at radius 1 is 1.39 bits per heavy atom. The van der Waals surface area contributed by atoms with Gasteiger partial charge in [-0.1, -0.05) is 32.4 Å². The summed E-state index contributed by atoms with van der Waals surface area (Å²) in [7, 11) is 2.19. The SMILES string of the molecule is CC(C)CCC1(c2cccc(O)c2)CCN(C)C1. The van der Waals surface area contributed by atoms with Crippen LogP contribution in [0.4, 0.5) is 0 Å². The topological polar surface area (TPSA) is 23.5 Å². The first-order chi connectivity index (χ1) is 8.52. The van der Waals surface area contributed by atoms with E-state index in [9.17, 15) is 5.11 Å². The summed E-state index contributed by atoms with van der Waals surface area (Å²) in [4.78, 5) is 2.41. The van der Waals surface area contributed by atoms with E-state index in [1.807, 2.05) is 12.1 Å². The maximum absolute atomic E-state index is 9.72. The molecule has 2 heteroatoms. The first kappa shape index (κ1) is 13.4. The second-order valence-corrected chi connectivity index (χ2v) is 6.25. The number of hydrogen-bond acceptors (Lipinski definition) is 2. The van der Waals surface area contributed by atoms with Crippen LogP contribution in [0.5, 0.6) is 5.75 Å². The van der Waals surface area contributed by atoms with Crippen molar-refractivity contribution in [2.24, 2.45) is 5.92 Å². The van der Waals surface area contributed by atoms with Crippen molar-refractivity contribution in [1.29, 1.82) is 0 Å². The van der Waals surface area contributed by atoms with Crippen molar-refractivity contribution in [1.82, 2.24) is 4.90 Å². The van der Waals surface area contributed by atoms with Crippen molar-refractivity contribution < 1.29 is 5.11 Å². The van der Waals surface area contributed by atoms with E-state index in [-0.39, 0.29) is 5.41 Å². The van der Waals surface area contributed by atoms with Gasteiger partial charge in [0, 0.05) is 12.0 Å². The molecule has 1 fully saturated rings. The number of aromatic hydroxyl groups is 1. The Balaban J connectivity index is 2.25. The van der Waals surface area contributed by atoms with Crippen LogP contribution >= 0.6 is 0 Å². The highest BCUT2D eigenvalue weighted by Gasteiger charge is 2.38. The van der Waals surface area contributed by atoms with Gasteiger partial charge < -0.3 is 10.0 Å². The fourth-order valence-electron chi connectivity index (χ4n) is 3.06. The molecule has 1 unspecified atom stereocenters. The lowest BCUT2D eigenvalue weighted by Gasteiger charge is -2.30. The lowest BCUT2D eigenvalue weighted by molar-refractivity contribution is 0.332. The van der Waals surface area contributed by atoms with Gasteiger partial charge in [0.05, 0.1) is 0 Å². The van der Waals surface area contributed by atoms with Crippen LogP contribution in [-0.2, 0) is 5.41 Å². The number of rotatable bonds is 4. The summed E-state index contributed by atoms with van der Waals surface area (Å²) < 4.78 is 0.